The molecule has 0 saturated heterocycles. The first-order valence-electron chi connectivity index (χ1n) is 15.3. The number of allylic oxidation sites excluding steroid dienone is 2. The number of unbranched alkanes of at least 4 members (excludes halogenated alkanes) is 3. The summed E-state index contributed by atoms with van der Waals surface area (Å²) in [7, 11) is -4.01. The number of carboxylic acid groups (broad SMARTS) is 1. The number of hydrogen-bond acceptors (Lipinski definition) is 4. The molecular formula is C32H60O5Si2. The maximum absolute atomic E-state index is 13.3. The van der Waals surface area contributed by atoms with Gasteiger partial charge in [0.15, 0.2) is 16.6 Å². The molecule has 1 rings (SSSR count). The first-order chi connectivity index (χ1) is 17.8. The van der Waals surface area contributed by atoms with Crippen molar-refractivity contribution in [2.45, 2.75) is 155 Å². The van der Waals surface area contributed by atoms with E-state index in [0.29, 0.717) is 19.3 Å². The fraction of sp³-hybridized carbons (Fsp3) is 0.812. The van der Waals surface area contributed by atoms with Crippen molar-refractivity contribution in [1.82, 2.24) is 0 Å². The molecule has 5 nitrogen and oxygen atoms in total. The van der Waals surface area contributed by atoms with Crippen molar-refractivity contribution in [2.24, 2.45) is 11.8 Å². The molecule has 0 spiro atoms. The fourth-order valence-electron chi connectivity index (χ4n) is 4.51. The highest BCUT2D eigenvalue weighted by molar-refractivity contribution is 6.74. The van der Waals surface area contributed by atoms with Gasteiger partial charge in [-0.3, -0.25) is 9.59 Å². The van der Waals surface area contributed by atoms with Gasteiger partial charge >= 0.3 is 5.97 Å². The molecule has 1 aliphatic rings. The number of aliphatic carboxylic acids is 1. The molecule has 226 valence electrons. The summed E-state index contributed by atoms with van der Waals surface area (Å²) in [6.45, 7) is 25.0. The van der Waals surface area contributed by atoms with Crippen LogP contribution in [0.5, 0.6) is 0 Å². The normalized spacial score (nSPS) is 22.3. The van der Waals surface area contributed by atoms with E-state index in [1.807, 2.05) is 6.08 Å². The smallest absolute Gasteiger partial charge is 0.303 e. The number of carboxylic acids is 1. The lowest BCUT2D eigenvalue weighted by molar-refractivity contribution is -0.137. The topological polar surface area (TPSA) is 72.8 Å². The second kappa shape index (κ2) is 15.3. The first-order valence-corrected chi connectivity index (χ1v) is 21.1. The molecule has 0 aromatic carbocycles. The van der Waals surface area contributed by atoms with Crippen LogP contribution >= 0.6 is 0 Å². The molecule has 0 amide bonds. The average Bonchev–Trinajstić information content (AvgIpc) is 3.05. The minimum Gasteiger partial charge on any atom is -0.481 e. The van der Waals surface area contributed by atoms with Gasteiger partial charge in [0.1, 0.15) is 5.78 Å². The van der Waals surface area contributed by atoms with Crippen LogP contribution in [0.25, 0.3) is 0 Å². The zero-order chi connectivity index (χ0) is 30.1. The summed E-state index contributed by atoms with van der Waals surface area (Å²) < 4.78 is 13.8. The molecule has 1 aliphatic carbocycles. The number of rotatable bonds is 16. The molecule has 0 aliphatic heterocycles. The van der Waals surface area contributed by atoms with Gasteiger partial charge < -0.3 is 14.0 Å². The van der Waals surface area contributed by atoms with Crippen molar-refractivity contribution in [2.75, 3.05) is 0 Å². The Balaban J connectivity index is 3.23. The summed E-state index contributed by atoms with van der Waals surface area (Å²) in [5.41, 5.74) is 0. The summed E-state index contributed by atoms with van der Waals surface area (Å²) in [4.78, 5) is 24.1. The van der Waals surface area contributed by atoms with Gasteiger partial charge in [-0.1, -0.05) is 92.0 Å². The predicted molar refractivity (Wildman–Crippen MR) is 169 cm³/mol. The van der Waals surface area contributed by atoms with Crippen LogP contribution in [0.3, 0.4) is 0 Å². The molecule has 0 bridgehead atoms. The van der Waals surface area contributed by atoms with Crippen LogP contribution in [0.15, 0.2) is 24.3 Å². The second-order valence-corrected chi connectivity index (χ2v) is 24.1. The Labute approximate surface area is 242 Å². The minimum atomic E-state index is -2.06. The monoisotopic (exact) mass is 580 g/mol. The standard InChI is InChI=1S/C32H60O5Si2/c1-12-13-16-19-25(36-38(8,9)31(2,3)4)22-23-27-26(20-17-14-15-18-21-30(34)35)28(33)24-29(27)37-39(10,11)32(5,6)7/h14,17,22-23,25-27,29H,12-13,15-16,18-21,24H2,1-11H3,(H,34,35)/b17-14-,23-22+/t25-,26-,27+,29+/m1/s1. The van der Waals surface area contributed by atoms with Crippen LogP contribution in [-0.4, -0.2) is 45.7 Å². The third-order valence-corrected chi connectivity index (χ3v) is 18.2. The third-order valence-electron chi connectivity index (χ3n) is 9.17. The summed E-state index contributed by atoms with van der Waals surface area (Å²) >= 11 is 0. The van der Waals surface area contributed by atoms with Crippen LogP contribution in [0.4, 0.5) is 0 Å². The van der Waals surface area contributed by atoms with Crippen molar-refractivity contribution in [3.63, 3.8) is 0 Å². The largest absolute Gasteiger partial charge is 0.481 e. The Morgan fingerprint density at radius 2 is 1.62 bits per heavy atom. The zero-order valence-corrected chi connectivity index (χ0v) is 29.1. The number of carbonyl (C=O) groups excluding carboxylic acids is 1. The summed E-state index contributed by atoms with van der Waals surface area (Å²) in [5, 5.41) is 9.09. The van der Waals surface area contributed by atoms with Gasteiger partial charge in [-0.25, -0.2) is 0 Å². The third kappa shape index (κ3) is 11.8. The number of hydrogen-bond donors (Lipinski definition) is 1. The highest BCUT2D eigenvalue weighted by Crippen LogP contribution is 2.43. The fourth-order valence-corrected chi connectivity index (χ4v) is 7.17. The number of carbonyl (C=O) groups is 2. The molecule has 1 fully saturated rings. The van der Waals surface area contributed by atoms with E-state index in [0.717, 1.165) is 19.3 Å². The van der Waals surface area contributed by atoms with E-state index in [1.54, 1.807) is 0 Å². The Kier molecular flexibility index (Phi) is 14.1. The average molecular weight is 581 g/mol. The van der Waals surface area contributed by atoms with Gasteiger partial charge in [0.25, 0.3) is 0 Å². The molecule has 0 heterocycles. The molecule has 7 heteroatoms. The van der Waals surface area contributed by atoms with Crippen LogP contribution < -0.4 is 0 Å². The lowest BCUT2D eigenvalue weighted by Crippen LogP contribution is -2.45. The molecule has 0 radical (unpaired) electrons. The van der Waals surface area contributed by atoms with Gasteiger partial charge in [0, 0.05) is 24.7 Å². The highest BCUT2D eigenvalue weighted by atomic mass is 28.4. The molecule has 39 heavy (non-hydrogen) atoms. The summed E-state index contributed by atoms with van der Waals surface area (Å²) in [5.74, 6) is -0.585. The molecule has 4 atom stereocenters. The quantitative estimate of drug-likeness (QED) is 0.112. The van der Waals surface area contributed by atoms with E-state index < -0.39 is 22.6 Å². The van der Waals surface area contributed by atoms with Crippen molar-refractivity contribution < 1.29 is 23.5 Å². The predicted octanol–water partition coefficient (Wildman–Crippen LogP) is 9.31. The SMILES string of the molecule is CCCCC[C@H](/C=C/[C@@H]1[C@@H](O[Si](C)(C)C(C)(C)C)CC(=O)[C@@H]1C/C=C\CCCC(=O)O)O[Si](C)(C)C(C)(C)C. The van der Waals surface area contributed by atoms with Crippen molar-refractivity contribution in [1.29, 1.82) is 0 Å². The Morgan fingerprint density at radius 1 is 1.00 bits per heavy atom. The van der Waals surface area contributed by atoms with Crippen LogP contribution in [-0.2, 0) is 18.4 Å². The van der Waals surface area contributed by atoms with Crippen molar-refractivity contribution in [3.8, 4) is 0 Å². The summed E-state index contributed by atoms with van der Waals surface area (Å²) in [6.07, 6.45) is 15.7. The van der Waals surface area contributed by atoms with E-state index in [2.05, 4.69) is 92.9 Å². The Morgan fingerprint density at radius 3 is 2.15 bits per heavy atom. The van der Waals surface area contributed by atoms with Gasteiger partial charge in [0.2, 0.25) is 0 Å². The van der Waals surface area contributed by atoms with Crippen LogP contribution in [0.2, 0.25) is 36.3 Å². The molecule has 0 unspecified atom stereocenters. The molecule has 1 saturated carbocycles. The van der Waals surface area contributed by atoms with Gasteiger partial charge in [-0.05, 0) is 61.9 Å². The van der Waals surface area contributed by atoms with E-state index in [1.165, 1.54) is 12.8 Å². The Hall–Kier alpha value is -1.03. The number of Topliss-reactive ketones (excluding diaryl/α,β-unsaturated/α-hetero) is 1. The van der Waals surface area contributed by atoms with Crippen molar-refractivity contribution >= 4 is 28.4 Å². The van der Waals surface area contributed by atoms with E-state index in [4.69, 9.17) is 14.0 Å². The van der Waals surface area contributed by atoms with E-state index >= 15 is 0 Å². The van der Waals surface area contributed by atoms with Gasteiger partial charge in [0.05, 0.1) is 12.2 Å². The molecular weight excluding hydrogens is 521 g/mol. The van der Waals surface area contributed by atoms with Gasteiger partial charge in [-0.2, -0.15) is 0 Å². The second-order valence-electron chi connectivity index (χ2n) is 14.6. The van der Waals surface area contributed by atoms with E-state index in [9.17, 15) is 9.59 Å². The lowest BCUT2D eigenvalue weighted by Gasteiger charge is -2.40. The summed E-state index contributed by atoms with van der Waals surface area (Å²) in [6, 6.07) is 0. The molecule has 1 N–H and O–H groups in total. The van der Waals surface area contributed by atoms with Crippen LogP contribution in [0.1, 0.15) is 106 Å². The highest BCUT2D eigenvalue weighted by Gasteiger charge is 2.47. The van der Waals surface area contributed by atoms with Crippen LogP contribution in [0, 0.1) is 11.8 Å². The first kappa shape index (κ1) is 36.0. The van der Waals surface area contributed by atoms with E-state index in [-0.39, 0.29) is 46.3 Å². The van der Waals surface area contributed by atoms with Crippen molar-refractivity contribution in [3.05, 3.63) is 24.3 Å². The maximum atomic E-state index is 13.3. The number of ketones is 1. The zero-order valence-electron chi connectivity index (χ0n) is 27.1. The molecule has 0 aromatic heterocycles. The maximum Gasteiger partial charge on any atom is 0.303 e. The Bertz CT molecular complexity index is 832. The van der Waals surface area contributed by atoms with Gasteiger partial charge in [-0.15, -0.1) is 0 Å². The lowest BCUT2D eigenvalue weighted by atomic mass is 9.90. The minimum absolute atomic E-state index is 0.0204. The molecule has 0 aromatic rings.